The van der Waals surface area contributed by atoms with Gasteiger partial charge in [0.1, 0.15) is 5.41 Å². The van der Waals surface area contributed by atoms with E-state index >= 15 is 0 Å². The summed E-state index contributed by atoms with van der Waals surface area (Å²) in [5.41, 5.74) is 1.48. The van der Waals surface area contributed by atoms with Gasteiger partial charge in [0.05, 0.1) is 6.07 Å². The average molecular weight is 242 g/mol. The van der Waals surface area contributed by atoms with Crippen molar-refractivity contribution in [2.75, 3.05) is 0 Å². The minimum absolute atomic E-state index is 0.107. The molecule has 94 valence electrons. The molecule has 0 aromatic heterocycles. The Bertz CT molecular complexity index is 482. The highest BCUT2D eigenvalue weighted by atomic mass is 16.2. The summed E-state index contributed by atoms with van der Waals surface area (Å²) < 4.78 is 0. The molecule has 1 amide bonds. The molecule has 0 saturated heterocycles. The Morgan fingerprint density at radius 2 is 2.17 bits per heavy atom. The summed E-state index contributed by atoms with van der Waals surface area (Å²) in [5, 5.41) is 12.1. The lowest BCUT2D eigenvalue weighted by molar-refractivity contribution is -0.128. The van der Waals surface area contributed by atoms with Crippen molar-refractivity contribution in [3.63, 3.8) is 0 Å². The third kappa shape index (κ3) is 2.53. The summed E-state index contributed by atoms with van der Waals surface area (Å²) in [4.78, 5) is 12.1. The van der Waals surface area contributed by atoms with Gasteiger partial charge in [0, 0.05) is 6.54 Å². The molecule has 1 N–H and O–H groups in total. The van der Waals surface area contributed by atoms with Crippen LogP contribution in [0.4, 0.5) is 0 Å². The third-order valence-electron chi connectivity index (χ3n) is 3.64. The summed E-state index contributed by atoms with van der Waals surface area (Å²) in [6.07, 6.45) is 3.35. The normalized spacial score (nSPS) is 17.1. The van der Waals surface area contributed by atoms with Crippen LogP contribution in [0.5, 0.6) is 0 Å². The number of nitrogens with one attached hydrogen (secondary N) is 1. The van der Waals surface area contributed by atoms with E-state index in [1.54, 1.807) is 0 Å². The minimum atomic E-state index is -0.774. The molecule has 1 fully saturated rings. The molecule has 0 unspecified atom stereocenters. The molecular weight excluding hydrogens is 224 g/mol. The van der Waals surface area contributed by atoms with Crippen molar-refractivity contribution in [3.05, 3.63) is 35.4 Å². The van der Waals surface area contributed by atoms with Crippen LogP contribution in [0.15, 0.2) is 24.3 Å². The fourth-order valence-electron chi connectivity index (χ4n) is 2.54. The van der Waals surface area contributed by atoms with Gasteiger partial charge in [-0.25, -0.2) is 0 Å². The van der Waals surface area contributed by atoms with E-state index in [0.29, 0.717) is 19.4 Å². The Balaban J connectivity index is 1.98. The second kappa shape index (κ2) is 5.22. The van der Waals surface area contributed by atoms with Gasteiger partial charge < -0.3 is 5.32 Å². The van der Waals surface area contributed by atoms with E-state index < -0.39 is 5.41 Å². The molecule has 1 aliphatic rings. The van der Waals surface area contributed by atoms with Crippen molar-refractivity contribution in [2.45, 2.75) is 39.2 Å². The molecule has 0 aliphatic heterocycles. The van der Waals surface area contributed by atoms with Crippen molar-refractivity contribution in [1.29, 1.82) is 5.26 Å². The number of benzene rings is 1. The predicted molar refractivity (Wildman–Crippen MR) is 69.5 cm³/mol. The van der Waals surface area contributed by atoms with Gasteiger partial charge in [-0.2, -0.15) is 5.26 Å². The van der Waals surface area contributed by atoms with Gasteiger partial charge in [0.2, 0.25) is 5.91 Å². The predicted octanol–water partition coefficient (Wildman–Crippen LogP) is 2.70. The fraction of sp³-hybridized carbons (Fsp3) is 0.467. The first-order valence-corrected chi connectivity index (χ1v) is 6.41. The summed E-state index contributed by atoms with van der Waals surface area (Å²) >= 11 is 0. The number of carbonyl (C=O) groups is 1. The second-order valence-electron chi connectivity index (χ2n) is 5.07. The maximum Gasteiger partial charge on any atom is 0.240 e. The van der Waals surface area contributed by atoms with Crippen LogP contribution in [-0.4, -0.2) is 5.91 Å². The zero-order chi connectivity index (χ0) is 13.0. The van der Waals surface area contributed by atoms with Gasteiger partial charge in [-0.1, -0.05) is 42.7 Å². The van der Waals surface area contributed by atoms with Crippen molar-refractivity contribution >= 4 is 5.91 Å². The van der Waals surface area contributed by atoms with Gasteiger partial charge >= 0.3 is 0 Å². The third-order valence-corrected chi connectivity index (χ3v) is 3.64. The monoisotopic (exact) mass is 242 g/mol. The van der Waals surface area contributed by atoms with Crippen molar-refractivity contribution in [1.82, 2.24) is 5.32 Å². The van der Waals surface area contributed by atoms with Crippen molar-refractivity contribution < 1.29 is 4.79 Å². The standard InChI is InChI=1S/C15H18N2O/c1-12-5-4-6-13(9-12)10-17-14(18)15(11-16)7-2-3-8-15/h4-6,9H,2-3,7-8,10H2,1H3,(H,17,18). The van der Waals surface area contributed by atoms with Gasteiger partial charge in [-0.3, -0.25) is 4.79 Å². The van der Waals surface area contributed by atoms with Crippen LogP contribution >= 0.6 is 0 Å². The quantitative estimate of drug-likeness (QED) is 0.886. The van der Waals surface area contributed by atoms with Crippen LogP contribution in [0, 0.1) is 23.7 Å². The summed E-state index contributed by atoms with van der Waals surface area (Å²) in [6.45, 7) is 2.53. The highest BCUT2D eigenvalue weighted by Crippen LogP contribution is 2.37. The Hall–Kier alpha value is -1.82. The van der Waals surface area contributed by atoms with Crippen LogP contribution < -0.4 is 5.32 Å². The summed E-state index contributed by atoms with van der Waals surface area (Å²) in [6, 6.07) is 10.3. The van der Waals surface area contributed by atoms with Crippen molar-refractivity contribution in [2.24, 2.45) is 5.41 Å². The lowest BCUT2D eigenvalue weighted by Gasteiger charge is -2.19. The number of hydrogen-bond acceptors (Lipinski definition) is 2. The Kier molecular flexibility index (Phi) is 3.66. The number of nitrogens with zero attached hydrogens (tertiary/aromatic N) is 1. The summed E-state index contributed by atoms with van der Waals surface area (Å²) in [7, 11) is 0. The smallest absolute Gasteiger partial charge is 0.240 e. The first kappa shape index (κ1) is 12.6. The molecule has 1 aromatic rings. The number of amides is 1. The second-order valence-corrected chi connectivity index (χ2v) is 5.07. The number of nitriles is 1. The minimum Gasteiger partial charge on any atom is -0.351 e. The first-order chi connectivity index (χ1) is 8.66. The van der Waals surface area contributed by atoms with Gasteiger partial charge in [0.15, 0.2) is 0 Å². The Morgan fingerprint density at radius 3 is 2.78 bits per heavy atom. The molecule has 0 spiro atoms. The molecule has 0 atom stereocenters. The van der Waals surface area contributed by atoms with E-state index in [0.717, 1.165) is 18.4 Å². The number of hydrogen-bond donors (Lipinski definition) is 1. The molecule has 1 aromatic carbocycles. The van der Waals surface area contributed by atoms with Crippen LogP contribution in [-0.2, 0) is 11.3 Å². The Labute approximate surface area is 108 Å². The first-order valence-electron chi connectivity index (χ1n) is 6.41. The molecule has 18 heavy (non-hydrogen) atoms. The maximum absolute atomic E-state index is 12.1. The van der Waals surface area contributed by atoms with E-state index in [4.69, 9.17) is 0 Å². The molecule has 0 bridgehead atoms. The zero-order valence-corrected chi connectivity index (χ0v) is 10.7. The van der Waals surface area contributed by atoms with E-state index in [2.05, 4.69) is 11.4 Å². The molecule has 2 rings (SSSR count). The van der Waals surface area contributed by atoms with Crippen LogP contribution in [0.3, 0.4) is 0 Å². The maximum atomic E-state index is 12.1. The highest BCUT2D eigenvalue weighted by molar-refractivity contribution is 5.85. The lowest BCUT2D eigenvalue weighted by atomic mass is 9.87. The van der Waals surface area contributed by atoms with Gasteiger partial charge in [-0.15, -0.1) is 0 Å². The molecule has 0 radical (unpaired) electrons. The highest BCUT2D eigenvalue weighted by Gasteiger charge is 2.41. The van der Waals surface area contributed by atoms with Crippen LogP contribution in [0.25, 0.3) is 0 Å². The number of aryl methyl sites for hydroxylation is 1. The topological polar surface area (TPSA) is 52.9 Å². The summed E-state index contributed by atoms with van der Waals surface area (Å²) in [5.74, 6) is -0.107. The number of rotatable bonds is 3. The lowest BCUT2D eigenvalue weighted by Crippen LogP contribution is -2.37. The molecule has 3 heteroatoms. The molecule has 0 heterocycles. The largest absolute Gasteiger partial charge is 0.351 e. The van der Waals surface area contributed by atoms with Gasteiger partial charge in [0.25, 0.3) is 0 Å². The molecule has 1 aliphatic carbocycles. The van der Waals surface area contributed by atoms with E-state index in [-0.39, 0.29) is 5.91 Å². The van der Waals surface area contributed by atoms with Crippen LogP contribution in [0.2, 0.25) is 0 Å². The van der Waals surface area contributed by atoms with Crippen LogP contribution in [0.1, 0.15) is 36.8 Å². The Morgan fingerprint density at radius 1 is 1.44 bits per heavy atom. The van der Waals surface area contributed by atoms with Crippen molar-refractivity contribution in [3.8, 4) is 6.07 Å². The fourth-order valence-corrected chi connectivity index (χ4v) is 2.54. The average Bonchev–Trinajstić information content (AvgIpc) is 2.86. The molecule has 3 nitrogen and oxygen atoms in total. The van der Waals surface area contributed by atoms with Gasteiger partial charge in [-0.05, 0) is 25.3 Å². The SMILES string of the molecule is Cc1cccc(CNC(=O)C2(C#N)CCCC2)c1. The van der Waals surface area contributed by atoms with E-state index in [1.807, 2.05) is 31.2 Å². The molecular formula is C15H18N2O. The van der Waals surface area contributed by atoms with E-state index in [9.17, 15) is 10.1 Å². The van der Waals surface area contributed by atoms with E-state index in [1.165, 1.54) is 5.56 Å². The zero-order valence-electron chi connectivity index (χ0n) is 10.7. The number of carbonyl (C=O) groups excluding carboxylic acids is 1. The molecule has 1 saturated carbocycles.